The first-order valence-electron chi connectivity index (χ1n) is 9.58. The SMILES string of the molecule is C=CC1=C(C(=O)OC(C)(C)C)N2C(=O)[C@@H](NC(=O)Cc3ccc([N+](=O)[O-])cc3)[C@H]2SC1. The van der Waals surface area contributed by atoms with E-state index in [1.165, 1.54) is 47.0 Å². The molecule has 0 aliphatic carbocycles. The maximum Gasteiger partial charge on any atom is 0.355 e. The first kappa shape index (κ1) is 22.5. The number of nitrogens with zero attached hydrogens (tertiary/aromatic N) is 2. The molecule has 31 heavy (non-hydrogen) atoms. The number of hydrogen-bond acceptors (Lipinski definition) is 7. The molecule has 0 bridgehead atoms. The Labute approximate surface area is 183 Å². The number of hydrogen-bond donors (Lipinski definition) is 1. The molecule has 0 unspecified atom stereocenters. The minimum atomic E-state index is -0.764. The molecule has 0 saturated carbocycles. The second-order valence-corrected chi connectivity index (χ2v) is 9.24. The largest absolute Gasteiger partial charge is 0.455 e. The zero-order chi connectivity index (χ0) is 22.9. The monoisotopic (exact) mass is 445 g/mol. The first-order valence-corrected chi connectivity index (χ1v) is 10.6. The second-order valence-electron chi connectivity index (χ2n) is 8.14. The Morgan fingerprint density at radius 3 is 2.55 bits per heavy atom. The van der Waals surface area contributed by atoms with E-state index in [1.54, 1.807) is 20.8 Å². The van der Waals surface area contributed by atoms with Gasteiger partial charge in [-0.1, -0.05) is 24.8 Å². The molecule has 2 atom stereocenters. The van der Waals surface area contributed by atoms with Crippen molar-refractivity contribution in [1.82, 2.24) is 10.2 Å². The summed E-state index contributed by atoms with van der Waals surface area (Å²) in [5.74, 6) is -0.919. The molecule has 2 aliphatic rings. The minimum Gasteiger partial charge on any atom is -0.455 e. The van der Waals surface area contributed by atoms with Crippen LogP contribution in [0.3, 0.4) is 0 Å². The van der Waals surface area contributed by atoms with E-state index in [-0.39, 0.29) is 23.7 Å². The van der Waals surface area contributed by atoms with Crippen LogP contribution in [0.15, 0.2) is 48.2 Å². The number of rotatable bonds is 6. The van der Waals surface area contributed by atoms with Crippen LogP contribution in [0, 0.1) is 10.1 Å². The van der Waals surface area contributed by atoms with Crippen LogP contribution in [0.2, 0.25) is 0 Å². The second kappa shape index (κ2) is 8.54. The molecule has 2 aliphatic heterocycles. The van der Waals surface area contributed by atoms with Crippen molar-refractivity contribution in [2.75, 3.05) is 5.75 Å². The van der Waals surface area contributed by atoms with Gasteiger partial charge >= 0.3 is 5.97 Å². The number of ether oxygens (including phenoxy) is 1. The summed E-state index contributed by atoms with van der Waals surface area (Å²) in [6.07, 6.45) is 1.52. The molecule has 0 spiro atoms. The van der Waals surface area contributed by atoms with Gasteiger partial charge in [0.25, 0.3) is 11.6 Å². The van der Waals surface area contributed by atoms with Crippen molar-refractivity contribution < 1.29 is 24.0 Å². The lowest BCUT2D eigenvalue weighted by Gasteiger charge is -2.49. The molecule has 1 saturated heterocycles. The number of nitro benzene ring substituents is 1. The number of carbonyl (C=O) groups is 3. The Balaban J connectivity index is 1.68. The summed E-state index contributed by atoms with van der Waals surface area (Å²) < 4.78 is 5.45. The normalized spacial score (nSPS) is 20.5. The molecule has 164 valence electrons. The third-order valence-electron chi connectivity index (χ3n) is 4.66. The molecule has 2 amide bonds. The number of β-lactam (4-membered cyclic amide) rings is 1. The number of benzene rings is 1. The van der Waals surface area contributed by atoms with E-state index >= 15 is 0 Å². The third-order valence-corrected chi connectivity index (χ3v) is 5.97. The number of nitrogens with one attached hydrogen (secondary N) is 1. The third kappa shape index (κ3) is 4.79. The van der Waals surface area contributed by atoms with Crippen LogP contribution in [0.25, 0.3) is 0 Å². The zero-order valence-corrected chi connectivity index (χ0v) is 18.2. The van der Waals surface area contributed by atoms with E-state index in [4.69, 9.17) is 4.74 Å². The Hall–Kier alpha value is -3.14. The van der Waals surface area contributed by atoms with Gasteiger partial charge in [-0.3, -0.25) is 24.6 Å². The fourth-order valence-electron chi connectivity index (χ4n) is 3.26. The first-order chi connectivity index (χ1) is 14.5. The van der Waals surface area contributed by atoms with Gasteiger partial charge in [0.05, 0.1) is 11.3 Å². The molecule has 1 N–H and O–H groups in total. The highest BCUT2D eigenvalue weighted by atomic mass is 32.2. The maximum absolute atomic E-state index is 12.8. The highest BCUT2D eigenvalue weighted by molar-refractivity contribution is 8.00. The summed E-state index contributed by atoms with van der Waals surface area (Å²) in [7, 11) is 0. The zero-order valence-electron chi connectivity index (χ0n) is 17.4. The molecule has 10 heteroatoms. The van der Waals surface area contributed by atoms with Gasteiger partial charge in [0.1, 0.15) is 22.7 Å². The highest BCUT2D eigenvalue weighted by Crippen LogP contribution is 2.41. The van der Waals surface area contributed by atoms with Crippen LogP contribution >= 0.6 is 11.8 Å². The summed E-state index contributed by atoms with van der Waals surface area (Å²) >= 11 is 1.43. The molecular formula is C21H23N3O6S. The van der Waals surface area contributed by atoms with Gasteiger partial charge in [-0.05, 0) is 31.9 Å². The average Bonchev–Trinajstić information content (AvgIpc) is 2.69. The molecule has 1 aromatic carbocycles. The summed E-state index contributed by atoms with van der Waals surface area (Å²) in [6, 6.07) is 4.89. The lowest BCUT2D eigenvalue weighted by Crippen LogP contribution is -2.70. The molecule has 0 aromatic heterocycles. The van der Waals surface area contributed by atoms with Crippen molar-refractivity contribution in [3.05, 3.63) is 63.9 Å². The van der Waals surface area contributed by atoms with Gasteiger partial charge in [-0.25, -0.2) is 4.79 Å². The van der Waals surface area contributed by atoms with E-state index in [0.717, 1.165) is 0 Å². The molecule has 3 rings (SSSR count). The summed E-state index contributed by atoms with van der Waals surface area (Å²) in [6.45, 7) is 8.95. The quantitative estimate of drug-likeness (QED) is 0.309. The number of non-ortho nitro benzene ring substituents is 1. The number of amides is 2. The van der Waals surface area contributed by atoms with Crippen molar-refractivity contribution in [2.45, 2.75) is 44.2 Å². The number of allylic oxidation sites excluding steroid dienone is 1. The fourth-order valence-corrected chi connectivity index (χ4v) is 4.60. The predicted octanol–water partition coefficient (Wildman–Crippen LogP) is 2.32. The van der Waals surface area contributed by atoms with Crippen molar-refractivity contribution in [3.8, 4) is 0 Å². The predicted molar refractivity (Wildman–Crippen MR) is 115 cm³/mol. The van der Waals surface area contributed by atoms with E-state index in [1.807, 2.05) is 0 Å². The Morgan fingerprint density at radius 2 is 2.00 bits per heavy atom. The van der Waals surface area contributed by atoms with Gasteiger partial charge in [-0.15, -0.1) is 11.8 Å². The van der Waals surface area contributed by atoms with Gasteiger partial charge in [0.2, 0.25) is 5.91 Å². The Kier molecular flexibility index (Phi) is 6.21. The number of fused-ring (bicyclic) bond motifs is 1. The van der Waals surface area contributed by atoms with Crippen LogP contribution in [-0.4, -0.2) is 50.4 Å². The van der Waals surface area contributed by atoms with Crippen LogP contribution in [0.1, 0.15) is 26.3 Å². The van der Waals surface area contributed by atoms with E-state index < -0.39 is 33.8 Å². The summed E-state index contributed by atoms with van der Waals surface area (Å²) in [4.78, 5) is 49.5. The topological polar surface area (TPSA) is 119 Å². The Morgan fingerprint density at radius 1 is 1.35 bits per heavy atom. The standard InChI is InChI=1S/C21H23N3O6S/c1-5-13-11-31-19-16(18(26)23(19)17(13)20(27)30-21(2,3)4)22-15(25)10-12-6-8-14(9-7-12)24(28)29/h5-9,16,19H,1,10-11H2,2-4H3,(H,22,25)/t16-,19-/m1/s1. The van der Waals surface area contributed by atoms with E-state index in [0.29, 0.717) is 16.9 Å². The smallest absolute Gasteiger partial charge is 0.355 e. The van der Waals surface area contributed by atoms with Crippen molar-refractivity contribution in [2.24, 2.45) is 0 Å². The van der Waals surface area contributed by atoms with Crippen molar-refractivity contribution in [1.29, 1.82) is 0 Å². The summed E-state index contributed by atoms with van der Waals surface area (Å²) in [5, 5.41) is 13.0. The molecule has 1 aromatic rings. The van der Waals surface area contributed by atoms with Crippen molar-refractivity contribution >= 4 is 35.2 Å². The molecule has 1 fully saturated rings. The van der Waals surface area contributed by atoms with Crippen molar-refractivity contribution in [3.63, 3.8) is 0 Å². The van der Waals surface area contributed by atoms with Crippen LogP contribution in [0.4, 0.5) is 5.69 Å². The van der Waals surface area contributed by atoms with Gasteiger partial charge in [0.15, 0.2) is 0 Å². The Bertz CT molecular complexity index is 980. The van der Waals surface area contributed by atoms with Crippen LogP contribution < -0.4 is 5.32 Å². The lowest BCUT2D eigenvalue weighted by molar-refractivity contribution is -0.384. The number of carbonyl (C=O) groups excluding carboxylic acids is 3. The molecule has 9 nitrogen and oxygen atoms in total. The van der Waals surface area contributed by atoms with Crippen LogP contribution in [-0.2, 0) is 25.5 Å². The maximum atomic E-state index is 12.8. The van der Waals surface area contributed by atoms with E-state index in [9.17, 15) is 24.5 Å². The average molecular weight is 445 g/mol. The highest BCUT2D eigenvalue weighted by Gasteiger charge is 2.54. The minimum absolute atomic E-state index is 0.0220. The summed E-state index contributed by atoms with van der Waals surface area (Å²) in [5.41, 5.74) is 0.584. The van der Waals surface area contributed by atoms with E-state index in [2.05, 4.69) is 11.9 Å². The number of thioether (sulfide) groups is 1. The lowest BCUT2D eigenvalue weighted by atomic mass is 10.0. The molecule has 2 heterocycles. The molecule has 0 radical (unpaired) electrons. The van der Waals surface area contributed by atoms with Gasteiger partial charge in [0, 0.05) is 17.9 Å². The number of esters is 1. The number of nitro groups is 1. The molecular weight excluding hydrogens is 422 g/mol. The van der Waals surface area contributed by atoms with Gasteiger partial charge in [-0.2, -0.15) is 0 Å². The van der Waals surface area contributed by atoms with Crippen LogP contribution in [0.5, 0.6) is 0 Å². The van der Waals surface area contributed by atoms with Gasteiger partial charge < -0.3 is 10.1 Å². The fraction of sp³-hybridized carbons (Fsp3) is 0.381.